The molecule has 16 heavy (non-hydrogen) atoms. The first-order valence-electron chi connectivity index (χ1n) is 4.92. The molecule has 0 heterocycles. The summed E-state index contributed by atoms with van der Waals surface area (Å²) in [5.74, 6) is 0.919. The lowest BCUT2D eigenvalue weighted by molar-refractivity contribution is -0.0263. The molecule has 0 unspecified atom stereocenters. The van der Waals surface area contributed by atoms with Gasteiger partial charge in [-0.05, 0) is 12.1 Å². The molecule has 5 heteroatoms. The molecule has 90 valence electrons. The van der Waals surface area contributed by atoms with E-state index < -0.39 is 18.8 Å². The van der Waals surface area contributed by atoms with E-state index in [1.165, 1.54) is 7.11 Å². The van der Waals surface area contributed by atoms with Crippen molar-refractivity contribution in [3.8, 4) is 11.5 Å². The van der Waals surface area contributed by atoms with Gasteiger partial charge in [-0.3, -0.25) is 0 Å². The SMILES string of the molecule is COc1ccccc1O[C@H](CO)[C@@H](O)CO. The summed E-state index contributed by atoms with van der Waals surface area (Å²) in [5.41, 5.74) is 0. The third kappa shape index (κ3) is 3.10. The van der Waals surface area contributed by atoms with Crippen molar-refractivity contribution in [2.75, 3.05) is 20.3 Å². The Morgan fingerprint density at radius 2 is 1.75 bits per heavy atom. The highest BCUT2D eigenvalue weighted by Crippen LogP contribution is 2.27. The molecule has 0 fully saturated rings. The van der Waals surface area contributed by atoms with Crippen molar-refractivity contribution in [3.05, 3.63) is 24.3 Å². The van der Waals surface area contributed by atoms with Crippen LogP contribution >= 0.6 is 0 Å². The Morgan fingerprint density at radius 1 is 1.12 bits per heavy atom. The Bertz CT molecular complexity index is 315. The van der Waals surface area contributed by atoms with Gasteiger partial charge in [0.05, 0.1) is 20.3 Å². The van der Waals surface area contributed by atoms with Crippen LogP contribution in [0.5, 0.6) is 11.5 Å². The van der Waals surface area contributed by atoms with Gasteiger partial charge in [0, 0.05) is 0 Å². The van der Waals surface area contributed by atoms with E-state index >= 15 is 0 Å². The van der Waals surface area contributed by atoms with Crippen LogP contribution in [-0.2, 0) is 0 Å². The van der Waals surface area contributed by atoms with Crippen LogP contribution in [0.4, 0.5) is 0 Å². The van der Waals surface area contributed by atoms with E-state index in [9.17, 15) is 5.11 Å². The summed E-state index contributed by atoms with van der Waals surface area (Å²) in [6.07, 6.45) is -2.00. The zero-order chi connectivity index (χ0) is 12.0. The van der Waals surface area contributed by atoms with Gasteiger partial charge in [-0.1, -0.05) is 12.1 Å². The van der Waals surface area contributed by atoms with E-state index in [4.69, 9.17) is 19.7 Å². The number of hydrogen-bond acceptors (Lipinski definition) is 5. The molecule has 0 bridgehead atoms. The topological polar surface area (TPSA) is 79.2 Å². The molecule has 1 aromatic rings. The molecule has 0 aromatic heterocycles. The lowest BCUT2D eigenvalue weighted by atomic mass is 10.2. The second kappa shape index (κ2) is 6.32. The average Bonchev–Trinajstić information content (AvgIpc) is 2.35. The number of hydrogen-bond donors (Lipinski definition) is 3. The maximum absolute atomic E-state index is 9.37. The molecule has 0 aliphatic rings. The molecule has 0 spiro atoms. The van der Waals surface area contributed by atoms with Crippen LogP contribution in [0.25, 0.3) is 0 Å². The Balaban J connectivity index is 2.77. The maximum atomic E-state index is 9.37. The summed E-state index contributed by atoms with van der Waals surface area (Å²) < 4.78 is 10.4. The summed E-state index contributed by atoms with van der Waals surface area (Å²) in [5, 5.41) is 27.2. The first-order valence-corrected chi connectivity index (χ1v) is 4.92. The standard InChI is InChI=1S/C11H16O5/c1-15-9-4-2-3-5-10(9)16-11(7-13)8(14)6-12/h2-5,8,11-14H,6-7H2,1H3/t8-,11+/m0/s1. The van der Waals surface area contributed by atoms with Crippen molar-refractivity contribution in [2.45, 2.75) is 12.2 Å². The molecular formula is C11H16O5. The summed E-state index contributed by atoms with van der Waals surface area (Å²) in [4.78, 5) is 0. The largest absolute Gasteiger partial charge is 0.493 e. The van der Waals surface area contributed by atoms with E-state index in [2.05, 4.69) is 0 Å². The van der Waals surface area contributed by atoms with Gasteiger partial charge in [0.15, 0.2) is 11.5 Å². The van der Waals surface area contributed by atoms with Crippen molar-refractivity contribution in [1.82, 2.24) is 0 Å². The lowest BCUT2D eigenvalue weighted by Gasteiger charge is -2.21. The Labute approximate surface area is 93.9 Å². The molecule has 0 saturated heterocycles. The molecule has 1 aromatic carbocycles. The van der Waals surface area contributed by atoms with Gasteiger partial charge < -0.3 is 24.8 Å². The second-order valence-electron chi connectivity index (χ2n) is 3.24. The third-order valence-electron chi connectivity index (χ3n) is 2.14. The lowest BCUT2D eigenvalue weighted by Crippen LogP contribution is -2.37. The van der Waals surface area contributed by atoms with Crippen LogP contribution in [0.3, 0.4) is 0 Å². The molecule has 0 saturated carbocycles. The van der Waals surface area contributed by atoms with Crippen LogP contribution in [0.1, 0.15) is 0 Å². The summed E-state index contributed by atoms with van der Waals surface area (Å²) in [6, 6.07) is 6.89. The van der Waals surface area contributed by atoms with Gasteiger partial charge in [-0.2, -0.15) is 0 Å². The number of ether oxygens (including phenoxy) is 2. The van der Waals surface area contributed by atoms with Crippen LogP contribution in [-0.4, -0.2) is 47.9 Å². The van der Waals surface area contributed by atoms with Gasteiger partial charge in [-0.15, -0.1) is 0 Å². The maximum Gasteiger partial charge on any atom is 0.161 e. The minimum absolute atomic E-state index is 0.389. The molecule has 0 aliphatic carbocycles. The molecule has 0 aliphatic heterocycles. The van der Waals surface area contributed by atoms with Crippen molar-refractivity contribution in [2.24, 2.45) is 0 Å². The highest BCUT2D eigenvalue weighted by Gasteiger charge is 2.20. The Hall–Kier alpha value is -1.30. The van der Waals surface area contributed by atoms with Crippen molar-refractivity contribution in [3.63, 3.8) is 0 Å². The fraction of sp³-hybridized carbons (Fsp3) is 0.455. The monoisotopic (exact) mass is 228 g/mol. The van der Waals surface area contributed by atoms with Gasteiger partial charge in [0.1, 0.15) is 12.2 Å². The number of aliphatic hydroxyl groups excluding tert-OH is 3. The molecule has 0 radical (unpaired) electrons. The number of para-hydroxylation sites is 2. The van der Waals surface area contributed by atoms with E-state index in [1.54, 1.807) is 24.3 Å². The quantitative estimate of drug-likeness (QED) is 0.627. The fourth-order valence-electron chi connectivity index (χ4n) is 1.23. The van der Waals surface area contributed by atoms with Gasteiger partial charge in [-0.25, -0.2) is 0 Å². The van der Waals surface area contributed by atoms with E-state index in [0.717, 1.165) is 0 Å². The Morgan fingerprint density at radius 3 is 2.25 bits per heavy atom. The first-order chi connectivity index (χ1) is 7.72. The summed E-state index contributed by atoms with van der Waals surface area (Å²) in [7, 11) is 1.50. The van der Waals surface area contributed by atoms with Crippen LogP contribution in [0, 0.1) is 0 Å². The molecule has 0 amide bonds. The summed E-state index contributed by atoms with van der Waals surface area (Å²) in [6.45, 7) is -0.861. The predicted molar refractivity (Wildman–Crippen MR) is 57.6 cm³/mol. The number of aliphatic hydroxyl groups is 3. The fourth-order valence-corrected chi connectivity index (χ4v) is 1.23. The molecule has 2 atom stereocenters. The van der Waals surface area contributed by atoms with E-state index in [0.29, 0.717) is 11.5 Å². The Kier molecular flexibility index (Phi) is 5.04. The second-order valence-corrected chi connectivity index (χ2v) is 3.24. The van der Waals surface area contributed by atoms with Crippen LogP contribution < -0.4 is 9.47 Å². The molecule has 5 nitrogen and oxygen atoms in total. The number of rotatable bonds is 6. The van der Waals surface area contributed by atoms with Crippen molar-refractivity contribution < 1.29 is 24.8 Å². The normalized spacial score (nSPS) is 14.2. The van der Waals surface area contributed by atoms with E-state index in [-0.39, 0.29) is 6.61 Å². The first kappa shape index (κ1) is 12.8. The average molecular weight is 228 g/mol. The zero-order valence-electron chi connectivity index (χ0n) is 9.04. The minimum atomic E-state index is -1.13. The van der Waals surface area contributed by atoms with Crippen molar-refractivity contribution in [1.29, 1.82) is 0 Å². The highest BCUT2D eigenvalue weighted by atomic mass is 16.5. The number of methoxy groups -OCH3 is 1. The highest BCUT2D eigenvalue weighted by molar-refractivity contribution is 5.39. The smallest absolute Gasteiger partial charge is 0.161 e. The van der Waals surface area contributed by atoms with Gasteiger partial charge >= 0.3 is 0 Å². The molecule has 1 rings (SSSR count). The zero-order valence-corrected chi connectivity index (χ0v) is 9.04. The van der Waals surface area contributed by atoms with Gasteiger partial charge in [0.25, 0.3) is 0 Å². The van der Waals surface area contributed by atoms with E-state index in [1.807, 2.05) is 0 Å². The van der Waals surface area contributed by atoms with Crippen molar-refractivity contribution >= 4 is 0 Å². The number of benzene rings is 1. The van der Waals surface area contributed by atoms with Crippen LogP contribution in [0.2, 0.25) is 0 Å². The third-order valence-corrected chi connectivity index (χ3v) is 2.14. The minimum Gasteiger partial charge on any atom is -0.493 e. The van der Waals surface area contributed by atoms with Gasteiger partial charge in [0.2, 0.25) is 0 Å². The molecule has 3 N–H and O–H groups in total. The summed E-state index contributed by atoms with van der Waals surface area (Å²) >= 11 is 0. The predicted octanol–water partition coefficient (Wildman–Crippen LogP) is -0.212. The molecular weight excluding hydrogens is 212 g/mol. The van der Waals surface area contributed by atoms with Crippen LogP contribution in [0.15, 0.2) is 24.3 Å².